The first-order valence-corrected chi connectivity index (χ1v) is 12.2. The van der Waals surface area contributed by atoms with E-state index in [1.54, 1.807) is 38.5 Å². The molecule has 3 aromatic rings. The molecule has 0 spiro atoms. The third-order valence-electron chi connectivity index (χ3n) is 6.25. The molecule has 1 fully saturated rings. The van der Waals surface area contributed by atoms with Crippen LogP contribution in [0, 0.1) is 0 Å². The fourth-order valence-corrected chi connectivity index (χ4v) is 4.62. The second-order valence-corrected chi connectivity index (χ2v) is 8.83. The van der Waals surface area contributed by atoms with Crippen LogP contribution in [0.25, 0.3) is 5.76 Å². The van der Waals surface area contributed by atoms with E-state index in [1.807, 2.05) is 49.4 Å². The maximum atomic E-state index is 13.3. The number of carbonyl (C=O) groups is 2. The van der Waals surface area contributed by atoms with E-state index in [4.69, 9.17) is 25.8 Å². The number of methoxy groups -OCH3 is 2. The Morgan fingerprint density at radius 2 is 1.68 bits per heavy atom. The zero-order valence-electron chi connectivity index (χ0n) is 20.9. The molecule has 192 valence electrons. The van der Waals surface area contributed by atoms with Gasteiger partial charge in [0.15, 0.2) is 11.5 Å². The van der Waals surface area contributed by atoms with Crippen molar-refractivity contribution in [3.05, 3.63) is 94.0 Å². The fourth-order valence-electron chi connectivity index (χ4n) is 4.45. The second-order valence-electron chi connectivity index (χ2n) is 8.42. The molecule has 1 unspecified atom stereocenters. The summed E-state index contributed by atoms with van der Waals surface area (Å²) in [6.07, 6.45) is 0.464. The molecule has 37 heavy (non-hydrogen) atoms. The number of ketones is 1. The molecule has 0 saturated carbocycles. The Morgan fingerprint density at radius 1 is 0.946 bits per heavy atom. The van der Waals surface area contributed by atoms with Gasteiger partial charge < -0.3 is 24.2 Å². The minimum Gasteiger partial charge on any atom is -0.507 e. The number of likely N-dealkylation sites (tertiary alicyclic amines) is 1. The number of benzene rings is 3. The lowest BCUT2D eigenvalue weighted by atomic mass is 9.95. The van der Waals surface area contributed by atoms with Crippen LogP contribution in [0.2, 0.25) is 5.02 Å². The van der Waals surface area contributed by atoms with E-state index in [1.165, 1.54) is 4.90 Å². The first-order chi connectivity index (χ1) is 17.9. The molecule has 0 radical (unpaired) electrons. The number of Topliss-reactive ketones (excluding diaryl/α,β-unsaturated/α-hetero) is 1. The van der Waals surface area contributed by atoms with Gasteiger partial charge in [-0.15, -0.1) is 0 Å². The van der Waals surface area contributed by atoms with Gasteiger partial charge in [-0.3, -0.25) is 9.59 Å². The molecule has 1 aliphatic heterocycles. The number of aliphatic hydroxyl groups is 1. The highest BCUT2D eigenvalue weighted by Crippen LogP contribution is 2.40. The second kappa shape index (κ2) is 11.4. The molecule has 8 heteroatoms. The summed E-state index contributed by atoms with van der Waals surface area (Å²) in [4.78, 5) is 28.0. The Labute approximate surface area is 220 Å². The van der Waals surface area contributed by atoms with E-state index in [9.17, 15) is 14.7 Å². The number of halogens is 1. The first kappa shape index (κ1) is 26.1. The van der Waals surface area contributed by atoms with Crippen molar-refractivity contribution in [3.63, 3.8) is 0 Å². The molecule has 1 saturated heterocycles. The molecule has 4 rings (SSSR count). The van der Waals surface area contributed by atoms with Crippen LogP contribution in [-0.4, -0.2) is 49.1 Å². The van der Waals surface area contributed by atoms with Crippen molar-refractivity contribution in [2.45, 2.75) is 19.4 Å². The predicted octanol–water partition coefficient (Wildman–Crippen LogP) is 5.42. The molecule has 0 aromatic heterocycles. The Morgan fingerprint density at radius 3 is 2.35 bits per heavy atom. The van der Waals surface area contributed by atoms with Crippen molar-refractivity contribution in [1.29, 1.82) is 0 Å². The summed E-state index contributed by atoms with van der Waals surface area (Å²) in [5, 5.41) is 11.7. The number of nitrogens with zero attached hydrogens (tertiary/aromatic N) is 1. The largest absolute Gasteiger partial charge is 0.507 e. The van der Waals surface area contributed by atoms with Crippen LogP contribution in [0.5, 0.6) is 17.2 Å². The van der Waals surface area contributed by atoms with Crippen LogP contribution in [0.1, 0.15) is 29.7 Å². The number of carbonyl (C=O) groups excluding carboxylic acids is 2. The minimum atomic E-state index is -0.757. The monoisotopic (exact) mass is 521 g/mol. The first-order valence-electron chi connectivity index (χ1n) is 11.9. The summed E-state index contributed by atoms with van der Waals surface area (Å²) in [7, 11) is 3.12. The van der Waals surface area contributed by atoms with E-state index < -0.39 is 17.7 Å². The third-order valence-corrected chi connectivity index (χ3v) is 6.56. The zero-order valence-corrected chi connectivity index (χ0v) is 21.6. The van der Waals surface area contributed by atoms with Crippen LogP contribution < -0.4 is 14.2 Å². The summed E-state index contributed by atoms with van der Waals surface area (Å²) >= 11 is 6.21. The highest BCUT2D eigenvalue weighted by Gasteiger charge is 2.45. The topological polar surface area (TPSA) is 85.3 Å². The van der Waals surface area contributed by atoms with E-state index in [-0.39, 0.29) is 17.9 Å². The highest BCUT2D eigenvalue weighted by molar-refractivity contribution is 6.46. The SMILES string of the molecule is CCOc1cc(/C(O)=C2/C(=O)C(=O)N(CCc3ccc(OC)c(OC)c3)C2c2ccccc2)ccc1Cl. The molecular formula is C29H28ClNO6. The number of hydrogen-bond acceptors (Lipinski definition) is 6. The lowest BCUT2D eigenvalue weighted by molar-refractivity contribution is -0.139. The number of hydrogen-bond donors (Lipinski definition) is 1. The van der Waals surface area contributed by atoms with Gasteiger partial charge in [-0.2, -0.15) is 0 Å². The molecule has 1 aliphatic rings. The van der Waals surface area contributed by atoms with Gasteiger partial charge >= 0.3 is 0 Å². The van der Waals surface area contributed by atoms with Crippen molar-refractivity contribution in [2.75, 3.05) is 27.4 Å². The molecule has 3 aromatic carbocycles. The Balaban J connectivity index is 1.74. The molecule has 1 atom stereocenters. The molecule has 1 N–H and O–H groups in total. The van der Waals surface area contributed by atoms with E-state index in [2.05, 4.69) is 0 Å². The number of rotatable bonds is 9. The van der Waals surface area contributed by atoms with Gasteiger partial charge in [-0.1, -0.05) is 48.0 Å². The summed E-state index contributed by atoms with van der Waals surface area (Å²) < 4.78 is 16.2. The lowest BCUT2D eigenvalue weighted by Gasteiger charge is -2.25. The van der Waals surface area contributed by atoms with E-state index in [0.717, 1.165) is 11.1 Å². The van der Waals surface area contributed by atoms with E-state index in [0.29, 0.717) is 40.9 Å². The third kappa shape index (κ3) is 5.27. The van der Waals surface area contributed by atoms with Gasteiger partial charge in [-0.25, -0.2) is 0 Å². The van der Waals surface area contributed by atoms with Crippen LogP contribution in [0.3, 0.4) is 0 Å². The van der Waals surface area contributed by atoms with Crippen molar-refractivity contribution >= 4 is 29.1 Å². The normalized spacial score (nSPS) is 16.6. The van der Waals surface area contributed by atoms with Gasteiger partial charge in [0.05, 0.1) is 37.5 Å². The maximum absolute atomic E-state index is 13.3. The Bertz CT molecular complexity index is 1340. The van der Waals surface area contributed by atoms with Crippen molar-refractivity contribution in [1.82, 2.24) is 4.90 Å². The summed E-state index contributed by atoms with van der Waals surface area (Å²) in [6, 6.07) is 18.7. The maximum Gasteiger partial charge on any atom is 0.295 e. The summed E-state index contributed by atoms with van der Waals surface area (Å²) in [5.74, 6) is -0.132. The van der Waals surface area contributed by atoms with Gasteiger partial charge in [0.1, 0.15) is 11.5 Å². The smallest absolute Gasteiger partial charge is 0.295 e. The van der Waals surface area contributed by atoms with Gasteiger partial charge in [0.2, 0.25) is 0 Å². The zero-order chi connectivity index (χ0) is 26.5. The average molecular weight is 522 g/mol. The lowest BCUT2D eigenvalue weighted by Crippen LogP contribution is -2.31. The fraction of sp³-hybridized carbons (Fsp3) is 0.241. The molecule has 1 amide bonds. The molecule has 7 nitrogen and oxygen atoms in total. The van der Waals surface area contributed by atoms with Crippen LogP contribution in [0.15, 0.2) is 72.3 Å². The van der Waals surface area contributed by atoms with Gasteiger partial charge in [0.25, 0.3) is 11.7 Å². The van der Waals surface area contributed by atoms with Crippen molar-refractivity contribution in [2.24, 2.45) is 0 Å². The Kier molecular flexibility index (Phi) is 8.04. The predicted molar refractivity (Wildman–Crippen MR) is 141 cm³/mol. The van der Waals surface area contributed by atoms with Crippen LogP contribution in [-0.2, 0) is 16.0 Å². The molecule has 1 heterocycles. The van der Waals surface area contributed by atoms with E-state index >= 15 is 0 Å². The molecule has 0 aliphatic carbocycles. The molecular weight excluding hydrogens is 494 g/mol. The Hall–Kier alpha value is -3.97. The average Bonchev–Trinajstić information content (AvgIpc) is 3.18. The highest BCUT2D eigenvalue weighted by atomic mass is 35.5. The summed E-state index contributed by atoms with van der Waals surface area (Å²) in [6.45, 7) is 2.46. The quantitative estimate of drug-likeness (QED) is 0.230. The van der Waals surface area contributed by atoms with Gasteiger partial charge in [0, 0.05) is 12.1 Å². The number of ether oxygens (including phenoxy) is 3. The van der Waals surface area contributed by atoms with Crippen molar-refractivity contribution in [3.8, 4) is 17.2 Å². The van der Waals surface area contributed by atoms with Gasteiger partial charge in [-0.05, 0) is 54.8 Å². The number of aliphatic hydroxyl groups excluding tert-OH is 1. The van der Waals surface area contributed by atoms with Crippen LogP contribution in [0.4, 0.5) is 0 Å². The summed E-state index contributed by atoms with van der Waals surface area (Å²) in [5.41, 5.74) is 1.99. The minimum absolute atomic E-state index is 0.0216. The van der Waals surface area contributed by atoms with Crippen molar-refractivity contribution < 1.29 is 28.9 Å². The van der Waals surface area contributed by atoms with Crippen LogP contribution >= 0.6 is 11.6 Å². The standard InChI is InChI=1S/C29H28ClNO6/c1-4-37-23-17-20(11-12-21(23)30)27(32)25-26(19-8-6-5-7-9-19)31(29(34)28(25)33)15-14-18-10-13-22(35-2)24(16-18)36-3/h5-13,16-17,26,32H,4,14-15H2,1-3H3/b27-25-. The molecule has 0 bridgehead atoms. The number of amides is 1.